The van der Waals surface area contributed by atoms with Crippen LogP contribution in [0.15, 0.2) is 188 Å². The lowest BCUT2D eigenvalue weighted by atomic mass is 9.68. The summed E-state index contributed by atoms with van der Waals surface area (Å²) in [5.74, 6) is 0. The predicted molar refractivity (Wildman–Crippen MR) is 234 cm³/mol. The Kier molecular flexibility index (Phi) is 6.93. The molecule has 1 nitrogen and oxygen atoms in total. The Morgan fingerprint density at radius 3 is 1.23 bits per heavy atom. The summed E-state index contributed by atoms with van der Waals surface area (Å²) < 4.78 is 0. The molecule has 11 rings (SSSR count). The lowest BCUT2D eigenvalue weighted by Crippen LogP contribution is -2.28. The lowest BCUT2D eigenvalue weighted by Gasteiger charge is -2.34. The first-order chi connectivity index (χ1) is 27.3. The number of rotatable bonds is 5. The molecule has 0 radical (unpaired) electrons. The molecule has 8 aromatic rings. The molecule has 0 heterocycles. The Morgan fingerprint density at radius 2 is 0.643 bits per heavy atom. The van der Waals surface area contributed by atoms with E-state index in [-0.39, 0.29) is 10.8 Å². The topological polar surface area (TPSA) is 3.24 Å². The van der Waals surface area contributed by atoms with Crippen molar-refractivity contribution in [3.05, 3.63) is 233 Å². The molecule has 3 aliphatic carbocycles. The Bertz CT molecular complexity index is 2820. The average Bonchev–Trinajstić information content (AvgIpc) is 3.76. The van der Waals surface area contributed by atoms with E-state index < -0.39 is 5.41 Å². The first-order valence-corrected chi connectivity index (χ1v) is 19.9. The number of nitrogens with zero attached hydrogens (tertiary/aromatic N) is 1. The van der Waals surface area contributed by atoms with Crippen molar-refractivity contribution in [3.63, 3.8) is 0 Å². The van der Waals surface area contributed by atoms with Gasteiger partial charge in [-0.25, -0.2) is 0 Å². The van der Waals surface area contributed by atoms with Gasteiger partial charge in [-0.2, -0.15) is 0 Å². The quantitative estimate of drug-likeness (QED) is 0.171. The third-order valence-electron chi connectivity index (χ3n) is 13.4. The Hall–Kier alpha value is -6.44. The highest BCUT2D eigenvalue weighted by Crippen LogP contribution is 2.58. The normalized spacial score (nSPS) is 15.6. The van der Waals surface area contributed by atoms with E-state index in [0.717, 1.165) is 11.4 Å². The van der Waals surface area contributed by atoms with E-state index in [1.165, 1.54) is 83.6 Å². The molecule has 0 bridgehead atoms. The minimum absolute atomic E-state index is 0.0614. The molecule has 0 aromatic heterocycles. The molecule has 0 saturated carbocycles. The Labute approximate surface area is 330 Å². The first-order valence-electron chi connectivity index (χ1n) is 19.9. The molecule has 1 heteroatoms. The van der Waals surface area contributed by atoms with Crippen LogP contribution in [0.25, 0.3) is 33.4 Å². The average molecular weight is 718 g/mol. The first kappa shape index (κ1) is 32.9. The van der Waals surface area contributed by atoms with Gasteiger partial charge in [0.15, 0.2) is 0 Å². The van der Waals surface area contributed by atoms with Gasteiger partial charge in [0.2, 0.25) is 0 Å². The molecule has 0 spiro atoms. The molecule has 0 unspecified atom stereocenters. The van der Waals surface area contributed by atoms with Crippen molar-refractivity contribution in [3.8, 4) is 33.4 Å². The van der Waals surface area contributed by atoms with E-state index in [1.54, 1.807) is 0 Å². The van der Waals surface area contributed by atoms with Crippen molar-refractivity contribution in [1.29, 1.82) is 0 Å². The maximum absolute atomic E-state index is 2.50. The van der Waals surface area contributed by atoms with Crippen LogP contribution in [-0.4, -0.2) is 0 Å². The van der Waals surface area contributed by atoms with Crippen LogP contribution in [0.4, 0.5) is 17.1 Å². The third-order valence-corrected chi connectivity index (χ3v) is 13.4. The zero-order valence-electron chi connectivity index (χ0n) is 32.3. The largest absolute Gasteiger partial charge is 0.310 e. The van der Waals surface area contributed by atoms with E-state index in [4.69, 9.17) is 0 Å². The van der Waals surface area contributed by atoms with E-state index in [0.29, 0.717) is 0 Å². The van der Waals surface area contributed by atoms with Crippen LogP contribution in [0.2, 0.25) is 0 Å². The van der Waals surface area contributed by atoms with Crippen LogP contribution in [-0.2, 0) is 16.2 Å². The van der Waals surface area contributed by atoms with Crippen molar-refractivity contribution in [2.45, 2.75) is 43.9 Å². The second-order valence-electron chi connectivity index (χ2n) is 16.9. The highest BCUT2D eigenvalue weighted by atomic mass is 15.1. The molecule has 0 amide bonds. The highest BCUT2D eigenvalue weighted by molar-refractivity contribution is 5.93. The van der Waals surface area contributed by atoms with Gasteiger partial charge in [0.25, 0.3) is 0 Å². The van der Waals surface area contributed by atoms with E-state index in [1.807, 2.05) is 0 Å². The summed E-state index contributed by atoms with van der Waals surface area (Å²) in [5.41, 5.74) is 21.5. The molecule has 0 atom stereocenters. The Balaban J connectivity index is 1.16. The number of benzene rings is 8. The van der Waals surface area contributed by atoms with Gasteiger partial charge >= 0.3 is 0 Å². The third kappa shape index (κ3) is 4.37. The molecular weight excluding hydrogens is 675 g/mol. The van der Waals surface area contributed by atoms with Gasteiger partial charge in [0.1, 0.15) is 0 Å². The summed E-state index contributed by atoms with van der Waals surface area (Å²) in [6.07, 6.45) is 0. The van der Waals surface area contributed by atoms with E-state index in [2.05, 4.69) is 221 Å². The minimum atomic E-state index is -0.440. The summed E-state index contributed by atoms with van der Waals surface area (Å²) in [4.78, 5) is 2.50. The van der Waals surface area contributed by atoms with Crippen molar-refractivity contribution in [1.82, 2.24) is 0 Å². The fraction of sp³-hybridized carbons (Fsp3) is 0.127. The minimum Gasteiger partial charge on any atom is -0.310 e. The number of fused-ring (bicyclic) bond motifs is 9. The predicted octanol–water partition coefficient (Wildman–Crippen LogP) is 14.1. The molecule has 8 aromatic carbocycles. The monoisotopic (exact) mass is 717 g/mol. The fourth-order valence-corrected chi connectivity index (χ4v) is 10.7. The summed E-state index contributed by atoms with van der Waals surface area (Å²) in [6.45, 7) is 9.47. The maximum Gasteiger partial charge on any atom is 0.0713 e. The van der Waals surface area contributed by atoms with E-state index in [9.17, 15) is 0 Å². The van der Waals surface area contributed by atoms with Crippen molar-refractivity contribution in [2.24, 2.45) is 0 Å². The summed E-state index contributed by atoms with van der Waals surface area (Å²) >= 11 is 0. The standard InChI is InChI=1S/C55H43N/c1-53(2)48-25-15-12-22-42(48)45-33-38(28-31-49(45)53)56(40-27-30-44-41-21-11-14-24-47(41)54(3,4)52(44)35-40)39-29-32-51-46(34-39)43-23-13-16-26-50(43)55(51,36-17-7-5-8-18-36)37-19-9-6-10-20-37/h5-35H,1-4H3. The van der Waals surface area contributed by atoms with Gasteiger partial charge < -0.3 is 4.90 Å². The summed E-state index contributed by atoms with van der Waals surface area (Å²) in [6, 6.07) is 70.6. The van der Waals surface area contributed by atoms with E-state index >= 15 is 0 Å². The lowest BCUT2D eigenvalue weighted by molar-refractivity contribution is 0.660. The molecule has 0 fully saturated rings. The van der Waals surface area contributed by atoms with Crippen molar-refractivity contribution >= 4 is 17.1 Å². The second-order valence-corrected chi connectivity index (χ2v) is 16.9. The van der Waals surface area contributed by atoms with Gasteiger partial charge in [0.05, 0.1) is 5.41 Å². The molecule has 0 aliphatic heterocycles. The van der Waals surface area contributed by atoms with Gasteiger partial charge in [-0.3, -0.25) is 0 Å². The SMILES string of the molecule is CC1(C)c2ccccc2-c2cc(N(c3ccc4c(c3)-c3ccccc3C4(c3ccccc3)c3ccccc3)c3ccc4c(c3)C(C)(C)c3ccccc3-4)ccc21. The van der Waals surface area contributed by atoms with Crippen LogP contribution in [0, 0.1) is 0 Å². The molecule has 0 N–H and O–H groups in total. The maximum atomic E-state index is 2.50. The van der Waals surface area contributed by atoms with Crippen LogP contribution < -0.4 is 4.90 Å². The van der Waals surface area contributed by atoms with Crippen molar-refractivity contribution < 1.29 is 0 Å². The van der Waals surface area contributed by atoms with Crippen LogP contribution >= 0.6 is 0 Å². The fourth-order valence-electron chi connectivity index (χ4n) is 10.7. The van der Waals surface area contributed by atoms with Crippen LogP contribution in [0.1, 0.15) is 72.2 Å². The van der Waals surface area contributed by atoms with Gasteiger partial charge in [0, 0.05) is 27.9 Å². The van der Waals surface area contributed by atoms with Crippen LogP contribution in [0.5, 0.6) is 0 Å². The molecule has 56 heavy (non-hydrogen) atoms. The van der Waals surface area contributed by atoms with Crippen LogP contribution in [0.3, 0.4) is 0 Å². The highest BCUT2D eigenvalue weighted by Gasteiger charge is 2.46. The molecular formula is C55H43N. The van der Waals surface area contributed by atoms with Gasteiger partial charge in [-0.15, -0.1) is 0 Å². The summed E-state index contributed by atoms with van der Waals surface area (Å²) in [5, 5.41) is 0. The number of hydrogen-bond acceptors (Lipinski definition) is 1. The van der Waals surface area contributed by atoms with Crippen molar-refractivity contribution in [2.75, 3.05) is 4.90 Å². The summed E-state index contributed by atoms with van der Waals surface area (Å²) in [7, 11) is 0. The second kappa shape index (κ2) is 11.8. The smallest absolute Gasteiger partial charge is 0.0713 e. The number of hydrogen-bond donors (Lipinski definition) is 0. The molecule has 0 saturated heterocycles. The van der Waals surface area contributed by atoms with Gasteiger partial charge in [-0.05, 0) is 114 Å². The molecule has 3 aliphatic rings. The number of anilines is 3. The zero-order valence-corrected chi connectivity index (χ0v) is 32.3. The zero-order chi connectivity index (χ0) is 37.8. The van der Waals surface area contributed by atoms with Gasteiger partial charge in [-0.1, -0.05) is 179 Å². The Morgan fingerprint density at radius 1 is 0.286 bits per heavy atom. The molecule has 268 valence electrons.